The molecule has 1 aromatic carbocycles. The molecule has 174 valence electrons. The van der Waals surface area contributed by atoms with E-state index < -0.39 is 0 Å². The molecule has 30 heavy (non-hydrogen) atoms. The van der Waals surface area contributed by atoms with E-state index in [2.05, 4.69) is 44.2 Å². The Morgan fingerprint density at radius 2 is 0.967 bits per heavy atom. The van der Waals surface area contributed by atoms with E-state index in [1.54, 1.807) is 0 Å². The van der Waals surface area contributed by atoms with Gasteiger partial charge in [0.2, 0.25) is 0 Å². The Hall–Kier alpha value is -0.820. The number of unbranched alkanes of at least 4 members (excludes halogenated alkanes) is 16. The van der Waals surface area contributed by atoms with Gasteiger partial charge in [-0.05, 0) is 18.4 Å². The van der Waals surface area contributed by atoms with Crippen molar-refractivity contribution in [2.45, 2.75) is 142 Å². The third-order valence-corrected chi connectivity index (χ3v) is 6.31. The van der Waals surface area contributed by atoms with Crippen LogP contribution in [0.5, 0.6) is 0 Å². The fraction of sp³-hybridized carbons (Fsp3) is 0.793. The zero-order valence-corrected chi connectivity index (χ0v) is 20.5. The average molecular weight is 417 g/mol. The summed E-state index contributed by atoms with van der Waals surface area (Å²) in [5.74, 6) is 0. The number of rotatable bonds is 22. The summed E-state index contributed by atoms with van der Waals surface area (Å²) in [5, 5.41) is 0. The molecule has 0 aromatic heterocycles. The van der Waals surface area contributed by atoms with Gasteiger partial charge in [0.25, 0.3) is 0 Å². The third kappa shape index (κ3) is 15.9. The highest BCUT2D eigenvalue weighted by Gasteiger charge is 2.11. The fourth-order valence-electron chi connectivity index (χ4n) is 4.29. The van der Waals surface area contributed by atoms with Crippen LogP contribution in [0.3, 0.4) is 0 Å². The van der Waals surface area contributed by atoms with Gasteiger partial charge in [-0.25, -0.2) is 0 Å². The van der Waals surface area contributed by atoms with Gasteiger partial charge in [-0.2, -0.15) is 0 Å². The van der Waals surface area contributed by atoms with E-state index >= 15 is 0 Å². The first-order valence-corrected chi connectivity index (χ1v) is 13.5. The molecular weight excluding hydrogens is 364 g/mol. The van der Waals surface area contributed by atoms with Gasteiger partial charge in [0, 0.05) is 6.61 Å². The van der Waals surface area contributed by atoms with Gasteiger partial charge >= 0.3 is 0 Å². The minimum absolute atomic E-state index is 0.296. The van der Waals surface area contributed by atoms with Crippen LogP contribution in [-0.2, 0) is 4.74 Å². The molecule has 1 nitrogen and oxygen atoms in total. The molecule has 0 spiro atoms. The molecule has 0 bridgehead atoms. The van der Waals surface area contributed by atoms with Crippen LogP contribution in [0.25, 0.3) is 0 Å². The lowest BCUT2D eigenvalue weighted by molar-refractivity contribution is 0.0421. The first-order valence-electron chi connectivity index (χ1n) is 13.5. The van der Waals surface area contributed by atoms with Crippen LogP contribution in [-0.4, -0.2) is 6.61 Å². The van der Waals surface area contributed by atoms with E-state index in [-0.39, 0.29) is 0 Å². The number of ether oxygens (including phenoxy) is 1. The normalized spacial score (nSPS) is 12.3. The topological polar surface area (TPSA) is 9.23 Å². The second kappa shape index (κ2) is 21.4. The van der Waals surface area contributed by atoms with Crippen LogP contribution in [0, 0.1) is 0 Å². The minimum atomic E-state index is 0.296. The molecule has 0 radical (unpaired) electrons. The molecule has 0 heterocycles. The summed E-state index contributed by atoms with van der Waals surface area (Å²) in [7, 11) is 0. The Bertz CT molecular complexity index is 441. The van der Waals surface area contributed by atoms with E-state index in [0.717, 1.165) is 6.61 Å². The van der Waals surface area contributed by atoms with Crippen molar-refractivity contribution in [1.82, 2.24) is 0 Å². The first kappa shape index (κ1) is 27.2. The number of hydrogen-bond donors (Lipinski definition) is 0. The highest BCUT2D eigenvalue weighted by Crippen LogP contribution is 2.25. The van der Waals surface area contributed by atoms with Gasteiger partial charge in [-0.3, -0.25) is 0 Å². The molecule has 0 saturated carbocycles. The summed E-state index contributed by atoms with van der Waals surface area (Å²) in [6.45, 7) is 5.51. The zero-order chi connectivity index (χ0) is 21.5. The van der Waals surface area contributed by atoms with Crippen LogP contribution >= 0.6 is 0 Å². The Morgan fingerprint density at radius 3 is 1.47 bits per heavy atom. The molecule has 1 unspecified atom stereocenters. The molecule has 0 aliphatic rings. The zero-order valence-electron chi connectivity index (χ0n) is 20.5. The molecule has 1 atom stereocenters. The predicted molar refractivity (Wildman–Crippen MR) is 134 cm³/mol. The molecule has 0 N–H and O–H groups in total. The molecule has 1 heteroatoms. The summed E-state index contributed by atoms with van der Waals surface area (Å²) in [6.07, 6.45) is 26.4. The van der Waals surface area contributed by atoms with Crippen LogP contribution in [0.2, 0.25) is 0 Å². The summed E-state index contributed by atoms with van der Waals surface area (Å²) < 4.78 is 6.36. The lowest BCUT2D eigenvalue weighted by Crippen LogP contribution is -2.06. The van der Waals surface area contributed by atoms with E-state index in [4.69, 9.17) is 4.74 Å². The van der Waals surface area contributed by atoms with E-state index in [9.17, 15) is 0 Å². The van der Waals surface area contributed by atoms with Gasteiger partial charge in [-0.15, -0.1) is 0 Å². The molecule has 1 rings (SSSR count). The van der Waals surface area contributed by atoms with Gasteiger partial charge in [-0.1, -0.05) is 153 Å². The van der Waals surface area contributed by atoms with Crippen LogP contribution in [0.1, 0.15) is 148 Å². The van der Waals surface area contributed by atoms with Crippen molar-refractivity contribution >= 4 is 0 Å². The molecule has 0 amide bonds. The average Bonchev–Trinajstić information content (AvgIpc) is 2.78. The molecule has 0 saturated heterocycles. The summed E-state index contributed by atoms with van der Waals surface area (Å²) in [5.41, 5.74) is 1.37. The second-order valence-corrected chi connectivity index (χ2v) is 9.22. The maximum atomic E-state index is 6.36. The Morgan fingerprint density at radius 1 is 0.533 bits per heavy atom. The molecular formula is C29H52O. The fourth-order valence-corrected chi connectivity index (χ4v) is 4.29. The Kier molecular flexibility index (Phi) is 19.4. The van der Waals surface area contributed by atoms with Gasteiger partial charge in [0.1, 0.15) is 0 Å². The predicted octanol–water partition coefficient (Wildman–Crippen LogP) is 10.2. The van der Waals surface area contributed by atoms with Crippen LogP contribution < -0.4 is 0 Å². The lowest BCUT2D eigenvalue weighted by atomic mass is 10.0. The monoisotopic (exact) mass is 416 g/mol. The van der Waals surface area contributed by atoms with Gasteiger partial charge < -0.3 is 4.74 Å². The minimum Gasteiger partial charge on any atom is -0.374 e. The Labute approximate surface area is 189 Å². The summed E-state index contributed by atoms with van der Waals surface area (Å²) >= 11 is 0. The van der Waals surface area contributed by atoms with Gasteiger partial charge in [0.05, 0.1) is 6.10 Å². The standard InChI is InChI=1S/C29H52O/c1-3-5-7-9-11-12-13-14-16-18-23-27-30-29(28-24-20-19-21-25-28)26-22-17-15-10-8-6-4-2/h19-21,24-25,29H,3-18,22-23,26-27H2,1-2H3. The first-order chi connectivity index (χ1) is 14.9. The van der Waals surface area contributed by atoms with Crippen molar-refractivity contribution in [3.05, 3.63) is 35.9 Å². The lowest BCUT2D eigenvalue weighted by Gasteiger charge is -2.18. The van der Waals surface area contributed by atoms with Crippen molar-refractivity contribution in [2.24, 2.45) is 0 Å². The van der Waals surface area contributed by atoms with Crippen molar-refractivity contribution in [3.63, 3.8) is 0 Å². The quantitative estimate of drug-likeness (QED) is 0.171. The van der Waals surface area contributed by atoms with Crippen LogP contribution in [0.4, 0.5) is 0 Å². The number of benzene rings is 1. The number of hydrogen-bond acceptors (Lipinski definition) is 1. The SMILES string of the molecule is CCCCCCCCCCCCCOC(CCCCCCCCC)c1ccccc1. The van der Waals surface area contributed by atoms with Crippen molar-refractivity contribution in [3.8, 4) is 0 Å². The smallest absolute Gasteiger partial charge is 0.0824 e. The van der Waals surface area contributed by atoms with Crippen molar-refractivity contribution < 1.29 is 4.74 Å². The van der Waals surface area contributed by atoms with Gasteiger partial charge in [0.15, 0.2) is 0 Å². The highest BCUT2D eigenvalue weighted by atomic mass is 16.5. The largest absolute Gasteiger partial charge is 0.374 e. The van der Waals surface area contributed by atoms with Crippen molar-refractivity contribution in [1.29, 1.82) is 0 Å². The third-order valence-electron chi connectivity index (χ3n) is 6.31. The second-order valence-electron chi connectivity index (χ2n) is 9.22. The maximum Gasteiger partial charge on any atom is 0.0824 e. The highest BCUT2D eigenvalue weighted by molar-refractivity contribution is 5.17. The Balaban J connectivity index is 2.08. The van der Waals surface area contributed by atoms with E-state index in [1.807, 2.05) is 0 Å². The van der Waals surface area contributed by atoms with E-state index in [0.29, 0.717) is 6.10 Å². The molecule has 0 aliphatic heterocycles. The summed E-state index contributed by atoms with van der Waals surface area (Å²) in [4.78, 5) is 0. The maximum absolute atomic E-state index is 6.36. The molecule has 0 fully saturated rings. The molecule has 0 aliphatic carbocycles. The van der Waals surface area contributed by atoms with Crippen molar-refractivity contribution in [2.75, 3.05) is 6.61 Å². The summed E-state index contributed by atoms with van der Waals surface area (Å²) in [6, 6.07) is 10.9. The molecule has 1 aromatic rings. The van der Waals surface area contributed by atoms with E-state index in [1.165, 1.54) is 128 Å². The van der Waals surface area contributed by atoms with Crippen LogP contribution in [0.15, 0.2) is 30.3 Å².